The lowest BCUT2D eigenvalue weighted by Crippen LogP contribution is -2.38. The average molecular weight is 324 g/mol. The number of rotatable bonds is 3. The van der Waals surface area contributed by atoms with E-state index in [-0.39, 0.29) is 12.0 Å². The van der Waals surface area contributed by atoms with Gasteiger partial charge < -0.3 is 10.0 Å². The van der Waals surface area contributed by atoms with Crippen molar-refractivity contribution in [2.45, 2.75) is 32.8 Å². The van der Waals surface area contributed by atoms with E-state index in [0.717, 1.165) is 11.8 Å². The molecule has 0 amide bonds. The van der Waals surface area contributed by atoms with Gasteiger partial charge >= 0.3 is 5.56 Å². The number of aromatic nitrogens is 2. The third kappa shape index (κ3) is 3.11. The highest BCUT2D eigenvalue weighted by Crippen LogP contribution is 2.22. The Morgan fingerprint density at radius 2 is 1.75 bits per heavy atom. The van der Waals surface area contributed by atoms with Crippen LogP contribution >= 0.6 is 0 Å². The molecule has 5 nitrogen and oxygen atoms in total. The molecule has 1 aromatic heterocycles. The molecule has 0 saturated carbocycles. The van der Waals surface area contributed by atoms with Crippen LogP contribution in [-0.2, 0) is 12.0 Å². The highest BCUT2D eigenvalue weighted by Gasteiger charge is 2.14. The SMILES string of the molecule is CC(C)(C)c1ccc(COn2c(=O)c[n+]([O-])c3ccccc32)cc1. The summed E-state index contributed by atoms with van der Waals surface area (Å²) in [5, 5.41) is 11.8. The first-order chi connectivity index (χ1) is 11.4. The van der Waals surface area contributed by atoms with Gasteiger partial charge in [0.05, 0.1) is 0 Å². The topological polar surface area (TPSA) is 58.2 Å². The maximum atomic E-state index is 12.1. The molecule has 0 aliphatic carbocycles. The summed E-state index contributed by atoms with van der Waals surface area (Å²) in [5.74, 6) is 0. The van der Waals surface area contributed by atoms with E-state index in [0.29, 0.717) is 15.8 Å². The second-order valence-electron chi connectivity index (χ2n) is 6.80. The van der Waals surface area contributed by atoms with Crippen molar-refractivity contribution >= 4 is 11.0 Å². The van der Waals surface area contributed by atoms with Gasteiger partial charge in [-0.2, -0.15) is 4.73 Å². The van der Waals surface area contributed by atoms with Gasteiger partial charge in [-0.3, -0.25) is 4.79 Å². The van der Waals surface area contributed by atoms with Crippen molar-refractivity contribution in [1.82, 2.24) is 4.73 Å². The zero-order valence-corrected chi connectivity index (χ0v) is 14.0. The molecular formula is C19H20N2O3. The van der Waals surface area contributed by atoms with Crippen LogP contribution in [0.1, 0.15) is 31.9 Å². The van der Waals surface area contributed by atoms with E-state index in [4.69, 9.17) is 4.84 Å². The number of hydrogen-bond donors (Lipinski definition) is 0. The van der Waals surface area contributed by atoms with Gasteiger partial charge in [-0.05, 0) is 22.6 Å². The van der Waals surface area contributed by atoms with E-state index >= 15 is 0 Å². The molecular weight excluding hydrogens is 304 g/mol. The van der Waals surface area contributed by atoms with E-state index in [1.54, 1.807) is 24.3 Å². The predicted molar refractivity (Wildman–Crippen MR) is 92.6 cm³/mol. The fourth-order valence-electron chi connectivity index (χ4n) is 2.54. The average Bonchev–Trinajstić information content (AvgIpc) is 2.54. The second-order valence-corrected chi connectivity index (χ2v) is 6.80. The third-order valence-corrected chi connectivity index (χ3v) is 3.95. The van der Waals surface area contributed by atoms with Gasteiger partial charge in [-0.15, -0.1) is 4.73 Å². The van der Waals surface area contributed by atoms with Crippen LogP contribution in [0.2, 0.25) is 0 Å². The summed E-state index contributed by atoms with van der Waals surface area (Å²) in [5.41, 5.74) is 2.63. The predicted octanol–water partition coefficient (Wildman–Crippen LogP) is 2.56. The van der Waals surface area contributed by atoms with Gasteiger partial charge in [-0.1, -0.05) is 57.2 Å². The van der Waals surface area contributed by atoms with Crippen molar-refractivity contribution in [3.8, 4) is 0 Å². The van der Waals surface area contributed by atoms with Gasteiger partial charge in [0.25, 0.3) is 0 Å². The van der Waals surface area contributed by atoms with Crippen LogP contribution in [0.5, 0.6) is 0 Å². The summed E-state index contributed by atoms with van der Waals surface area (Å²) >= 11 is 0. The Labute approximate surface area is 140 Å². The lowest BCUT2D eigenvalue weighted by Gasteiger charge is -2.19. The number of fused-ring (bicyclic) bond motifs is 1. The summed E-state index contributed by atoms with van der Waals surface area (Å²) in [6.07, 6.45) is 0.977. The Hall–Kier alpha value is -2.82. The van der Waals surface area contributed by atoms with Crippen LogP contribution in [0.3, 0.4) is 0 Å². The quantitative estimate of drug-likeness (QED) is 0.549. The summed E-state index contributed by atoms with van der Waals surface area (Å²) < 4.78 is 1.73. The minimum absolute atomic E-state index is 0.0910. The second kappa shape index (κ2) is 6.00. The minimum Gasteiger partial charge on any atom is -0.618 e. The smallest absolute Gasteiger partial charge is 0.349 e. The molecule has 0 bridgehead atoms. The summed E-state index contributed by atoms with van der Waals surface area (Å²) in [7, 11) is 0. The molecule has 24 heavy (non-hydrogen) atoms. The van der Waals surface area contributed by atoms with Crippen LogP contribution in [0.25, 0.3) is 11.0 Å². The first-order valence-electron chi connectivity index (χ1n) is 7.83. The largest absolute Gasteiger partial charge is 0.618 e. The Bertz CT molecular complexity index is 922. The highest BCUT2D eigenvalue weighted by atomic mass is 16.7. The highest BCUT2D eigenvalue weighted by molar-refractivity contribution is 5.70. The molecule has 0 saturated heterocycles. The van der Waals surface area contributed by atoms with Gasteiger partial charge in [0, 0.05) is 6.07 Å². The summed E-state index contributed by atoms with van der Waals surface area (Å²) in [6, 6.07) is 15.0. The molecule has 0 aliphatic rings. The number of para-hydroxylation sites is 2. The zero-order chi connectivity index (χ0) is 17.3. The molecule has 3 aromatic rings. The normalized spacial score (nSPS) is 11.6. The molecule has 5 heteroatoms. The number of benzene rings is 2. The van der Waals surface area contributed by atoms with Crippen molar-refractivity contribution in [2.24, 2.45) is 0 Å². The summed E-state index contributed by atoms with van der Waals surface area (Å²) in [4.78, 5) is 17.7. The van der Waals surface area contributed by atoms with Crippen molar-refractivity contribution in [3.05, 3.63) is 81.4 Å². The Morgan fingerprint density at radius 3 is 2.42 bits per heavy atom. The van der Waals surface area contributed by atoms with E-state index in [2.05, 4.69) is 32.9 Å². The first-order valence-corrected chi connectivity index (χ1v) is 7.83. The van der Waals surface area contributed by atoms with Crippen molar-refractivity contribution < 1.29 is 9.57 Å². The summed E-state index contributed by atoms with van der Waals surface area (Å²) in [6.45, 7) is 6.72. The van der Waals surface area contributed by atoms with Gasteiger partial charge in [-0.25, -0.2) is 0 Å². The van der Waals surface area contributed by atoms with Crippen molar-refractivity contribution in [3.63, 3.8) is 0 Å². The minimum atomic E-state index is -0.491. The van der Waals surface area contributed by atoms with E-state index < -0.39 is 5.56 Å². The van der Waals surface area contributed by atoms with Crippen LogP contribution in [0.15, 0.2) is 59.5 Å². The molecule has 0 radical (unpaired) electrons. The van der Waals surface area contributed by atoms with E-state index in [1.165, 1.54) is 10.3 Å². The molecule has 124 valence electrons. The third-order valence-electron chi connectivity index (χ3n) is 3.95. The fourth-order valence-corrected chi connectivity index (χ4v) is 2.54. The van der Waals surface area contributed by atoms with Gasteiger partial charge in [0.1, 0.15) is 6.61 Å². The number of hydrogen-bond acceptors (Lipinski definition) is 3. The standard InChI is InChI=1S/C19H20N2O3/c1-19(2,3)15-10-8-14(9-11-15)13-24-21-17-7-5-4-6-16(17)20(23)12-18(21)22/h4-12H,13H2,1-3H3. The number of nitrogens with zero attached hydrogens (tertiary/aromatic N) is 2. The molecule has 0 unspecified atom stereocenters. The fraction of sp³-hybridized carbons (Fsp3) is 0.263. The maximum absolute atomic E-state index is 12.1. The van der Waals surface area contributed by atoms with Crippen LogP contribution < -0.4 is 15.1 Å². The molecule has 3 rings (SSSR count). The van der Waals surface area contributed by atoms with E-state index in [1.807, 2.05) is 12.1 Å². The Balaban J connectivity index is 1.88. The molecule has 0 fully saturated rings. The van der Waals surface area contributed by atoms with Crippen molar-refractivity contribution in [2.75, 3.05) is 0 Å². The van der Waals surface area contributed by atoms with E-state index in [9.17, 15) is 10.0 Å². The molecule has 0 N–H and O–H groups in total. The first kappa shape index (κ1) is 16.1. The molecule has 2 aromatic carbocycles. The van der Waals surface area contributed by atoms with Crippen LogP contribution in [-0.4, -0.2) is 4.73 Å². The molecule has 0 spiro atoms. The van der Waals surface area contributed by atoms with Gasteiger partial charge in [0.2, 0.25) is 11.7 Å². The maximum Gasteiger partial charge on any atom is 0.349 e. The lowest BCUT2D eigenvalue weighted by molar-refractivity contribution is -0.578. The Morgan fingerprint density at radius 1 is 1.08 bits per heavy atom. The van der Waals surface area contributed by atoms with Crippen LogP contribution in [0.4, 0.5) is 0 Å². The molecule has 1 heterocycles. The Kier molecular flexibility index (Phi) is 4.01. The monoisotopic (exact) mass is 324 g/mol. The zero-order valence-electron chi connectivity index (χ0n) is 14.0. The van der Waals surface area contributed by atoms with Gasteiger partial charge in [0.15, 0.2) is 5.52 Å². The lowest BCUT2D eigenvalue weighted by atomic mass is 9.87. The molecule has 0 aliphatic heterocycles. The van der Waals surface area contributed by atoms with Crippen molar-refractivity contribution in [1.29, 1.82) is 0 Å². The van der Waals surface area contributed by atoms with Crippen LogP contribution in [0, 0.1) is 5.21 Å². The molecule has 0 atom stereocenters.